The number of rotatable bonds is 18. The molecule has 73 heavy (non-hydrogen) atoms. The second kappa shape index (κ2) is 28.9. The molecule has 0 atom stereocenters. The smallest absolute Gasteiger partial charge is 0.162 e. The van der Waals surface area contributed by atoms with E-state index in [9.17, 15) is 19.8 Å². The molecular weight excluding hydrogens is 1320 g/mol. The molecule has 11 heteroatoms. The third-order valence-corrected chi connectivity index (χ3v) is 19.6. The van der Waals surface area contributed by atoms with Crippen LogP contribution in [0, 0.1) is 35.8 Å². The van der Waals surface area contributed by atoms with Gasteiger partial charge >= 0.3 is 0 Å². The summed E-state index contributed by atoms with van der Waals surface area (Å²) in [5.74, 6) is 1.09. The number of ketones is 2. The Labute approximate surface area is 472 Å². The zero-order chi connectivity index (χ0) is 52.2. The van der Waals surface area contributed by atoms with Crippen LogP contribution in [-0.4, -0.2) is 47.9 Å². The Kier molecular flexibility index (Phi) is 25.1. The number of hydrogen-bond donors (Lipinski definition) is 2. The minimum absolute atomic E-state index is 0. The van der Waals surface area contributed by atoms with Crippen molar-refractivity contribution in [3.63, 3.8) is 0 Å². The molecule has 0 spiro atoms. The largest absolute Gasteiger partial charge is 0.512 e. The van der Waals surface area contributed by atoms with E-state index in [4.69, 9.17) is 9.97 Å². The topological polar surface area (TPSA) is 100 Å². The monoisotopic (exact) mass is 1390 g/mol. The van der Waals surface area contributed by atoms with Crippen molar-refractivity contribution < 1.29 is 61.9 Å². The van der Waals surface area contributed by atoms with Crippen molar-refractivity contribution in [2.24, 2.45) is 23.7 Å². The number of thiophene rings is 1. The number of carbonyl (C=O) groups excluding carboxylic acids is 2. The maximum Gasteiger partial charge on any atom is 0.162 e. The minimum atomic E-state index is -1.42. The molecule has 7 rings (SSSR count). The van der Waals surface area contributed by atoms with Crippen LogP contribution in [0.5, 0.6) is 0 Å². The summed E-state index contributed by atoms with van der Waals surface area (Å²) in [4.78, 5) is 33.2. The minimum Gasteiger partial charge on any atom is -0.512 e. The van der Waals surface area contributed by atoms with Crippen LogP contribution in [0.4, 0.5) is 0 Å². The summed E-state index contributed by atoms with van der Waals surface area (Å²) < 4.78 is 2.41. The SMILES string of the molecule is CCC(CC)C(=O)/C=C(\O)C(CC)CC.CCC(CC)C(=O)/C=C(\O)C(CC)CC.C[Si](C)(C)c1ccc2cnc(-c3[c-]ccc4c3sc3c(-c5cc6cc([Si](C)(C)C)ccc6cn5)[c-]ccc34)cc2c1.[Pt].[Pt]. The van der Waals surface area contributed by atoms with Crippen molar-refractivity contribution in [3.8, 4) is 22.5 Å². The summed E-state index contributed by atoms with van der Waals surface area (Å²) in [7, 11) is -2.83. The maximum atomic E-state index is 11.7. The van der Waals surface area contributed by atoms with Crippen LogP contribution in [0.3, 0.4) is 0 Å². The van der Waals surface area contributed by atoms with Crippen molar-refractivity contribution in [2.45, 2.75) is 146 Å². The zero-order valence-corrected chi connectivity index (χ0v) is 53.2. The van der Waals surface area contributed by atoms with Crippen LogP contribution in [0.25, 0.3) is 64.2 Å². The molecule has 0 aliphatic rings. The van der Waals surface area contributed by atoms with Crippen molar-refractivity contribution in [3.05, 3.63) is 121 Å². The number of fused-ring (bicyclic) bond motifs is 5. The molecule has 6 nitrogen and oxygen atoms in total. The third-order valence-electron chi connectivity index (χ3n) is 14.2. The van der Waals surface area contributed by atoms with Gasteiger partial charge in [-0.25, -0.2) is 11.3 Å². The zero-order valence-electron chi connectivity index (χ0n) is 45.8. The number of carbonyl (C=O) groups is 2. The van der Waals surface area contributed by atoms with Gasteiger partial charge in [-0.3, -0.25) is 9.59 Å². The van der Waals surface area contributed by atoms with Gasteiger partial charge in [0.1, 0.15) is 0 Å². The molecule has 0 unspecified atom stereocenters. The summed E-state index contributed by atoms with van der Waals surface area (Å²) in [5.41, 5.74) is 4.05. The number of aliphatic hydroxyl groups excluding tert-OH is 2. The first kappa shape index (κ1) is 63.4. The molecule has 7 aromatic rings. The normalized spacial score (nSPS) is 12.2. The molecule has 0 fully saturated rings. The van der Waals surface area contributed by atoms with E-state index in [1.54, 1.807) is 11.3 Å². The third kappa shape index (κ3) is 16.1. The number of benzene rings is 4. The van der Waals surface area contributed by atoms with Crippen LogP contribution in [-0.2, 0) is 51.7 Å². The molecule has 0 amide bonds. The first-order chi connectivity index (χ1) is 33.8. The number of allylic oxidation sites excluding steroid dienone is 4. The Morgan fingerprint density at radius 1 is 0.507 bits per heavy atom. The molecule has 0 aliphatic heterocycles. The van der Waals surface area contributed by atoms with E-state index in [-0.39, 0.29) is 88.9 Å². The molecule has 398 valence electrons. The van der Waals surface area contributed by atoms with E-state index < -0.39 is 16.1 Å². The molecule has 3 heterocycles. The summed E-state index contributed by atoms with van der Waals surface area (Å²) >= 11 is 1.80. The first-order valence-corrected chi connectivity index (χ1v) is 34.1. The fourth-order valence-electron chi connectivity index (χ4n) is 9.13. The number of aliphatic hydroxyl groups is 2. The van der Waals surface area contributed by atoms with E-state index >= 15 is 0 Å². The van der Waals surface area contributed by atoms with Crippen molar-refractivity contribution >= 4 is 91.1 Å². The number of hydrogen-bond acceptors (Lipinski definition) is 7. The van der Waals surface area contributed by atoms with Gasteiger partial charge in [-0.05, 0) is 84.3 Å². The van der Waals surface area contributed by atoms with Gasteiger partial charge in [0.25, 0.3) is 0 Å². The van der Waals surface area contributed by atoms with Crippen molar-refractivity contribution in [1.82, 2.24) is 9.97 Å². The first-order valence-electron chi connectivity index (χ1n) is 26.2. The number of aromatic nitrogens is 2. The maximum absolute atomic E-state index is 11.7. The number of nitrogens with zero attached hydrogens (tertiary/aromatic N) is 2. The molecule has 3 aromatic heterocycles. The van der Waals surface area contributed by atoms with Crippen LogP contribution in [0.15, 0.2) is 109 Å². The summed E-state index contributed by atoms with van der Waals surface area (Å²) in [6.07, 6.45) is 13.8. The predicted molar refractivity (Wildman–Crippen MR) is 312 cm³/mol. The Morgan fingerprint density at radius 2 is 0.836 bits per heavy atom. The van der Waals surface area contributed by atoms with E-state index in [2.05, 4.69) is 112 Å². The van der Waals surface area contributed by atoms with Crippen LogP contribution < -0.4 is 10.4 Å². The van der Waals surface area contributed by atoms with E-state index in [0.717, 1.165) is 73.9 Å². The molecule has 0 saturated heterocycles. The molecule has 0 saturated carbocycles. The molecule has 0 aliphatic carbocycles. The predicted octanol–water partition coefficient (Wildman–Crippen LogP) is 16.9. The van der Waals surface area contributed by atoms with Gasteiger partial charge in [0, 0.05) is 90.3 Å². The standard InChI is InChI=1S/C36H32N2SSi2.2C13H24O2.2Pt/c1-40(2,3)27-15-13-23-21-37-33(19-25(23)17-27)31-11-7-9-29-30-10-8-12-32(36(30)39-35(29)31)34-20-26-18-28(41(4,5)6)16-14-24(26)22-38-34;2*1-5-10(6-2)12(14)9-13(15)11(7-3)8-4;;/h7-10,13-22H,1-6H3;2*9-11,14H,5-8H2,1-4H3;;/q-2;;;;/b;2*12-9-;;. The Balaban J connectivity index is 0.000000366. The van der Waals surface area contributed by atoms with Crippen LogP contribution in [0.2, 0.25) is 39.3 Å². The van der Waals surface area contributed by atoms with Gasteiger partial charge in [0.05, 0.1) is 27.7 Å². The summed E-state index contributed by atoms with van der Waals surface area (Å²) in [5, 5.41) is 29.7. The molecule has 0 bridgehead atoms. The Hall–Kier alpha value is -3.85. The average Bonchev–Trinajstić information content (AvgIpc) is 3.74. The quantitative estimate of drug-likeness (QED) is 0.0384. The molecule has 2 N–H and O–H groups in total. The van der Waals surface area contributed by atoms with Gasteiger partial charge in [-0.1, -0.05) is 163 Å². The van der Waals surface area contributed by atoms with E-state index in [1.165, 1.54) is 64.2 Å². The average molecular weight is 1400 g/mol. The van der Waals surface area contributed by atoms with Gasteiger partial charge in [0.15, 0.2) is 11.6 Å². The van der Waals surface area contributed by atoms with Gasteiger partial charge in [0.2, 0.25) is 0 Å². The Bertz CT molecular complexity index is 2790. The van der Waals surface area contributed by atoms with Gasteiger partial charge < -0.3 is 20.2 Å². The van der Waals surface area contributed by atoms with Crippen molar-refractivity contribution in [2.75, 3.05) is 0 Å². The molecule has 4 aromatic carbocycles. The van der Waals surface area contributed by atoms with Gasteiger partial charge in [-0.15, -0.1) is 58.3 Å². The number of pyridine rings is 2. The summed E-state index contributed by atoms with van der Waals surface area (Å²) in [6.45, 7) is 30.5. The second-order valence-corrected chi connectivity index (χ2v) is 32.2. The van der Waals surface area contributed by atoms with Crippen LogP contribution >= 0.6 is 11.3 Å². The Morgan fingerprint density at radius 3 is 1.14 bits per heavy atom. The fraction of sp³-hybridized carbons (Fsp3) is 0.419. The van der Waals surface area contributed by atoms with Gasteiger partial charge in [-0.2, -0.15) is 0 Å². The second-order valence-electron chi connectivity index (χ2n) is 21.1. The fourth-order valence-corrected chi connectivity index (χ4v) is 12.8. The van der Waals surface area contributed by atoms with Crippen molar-refractivity contribution in [1.29, 1.82) is 0 Å². The van der Waals surface area contributed by atoms with E-state index in [1.807, 2.05) is 79.9 Å². The molecular formula is C62H80N2O4Pt2SSi2-2. The van der Waals surface area contributed by atoms with E-state index in [0.29, 0.717) is 0 Å². The van der Waals surface area contributed by atoms with Crippen LogP contribution in [0.1, 0.15) is 107 Å². The molecule has 0 radical (unpaired) electrons. The summed E-state index contributed by atoms with van der Waals surface area (Å²) in [6, 6.07) is 33.7.